The maximum absolute atomic E-state index is 13.8. The number of halogens is 3. The molecule has 3 rings (SSSR count). The van der Waals surface area contributed by atoms with Gasteiger partial charge in [0.2, 0.25) is 0 Å². The van der Waals surface area contributed by atoms with Crippen LogP contribution in [0.25, 0.3) is 5.57 Å². The number of hydrogen-bond donors (Lipinski definition) is 0. The van der Waals surface area contributed by atoms with Gasteiger partial charge in [-0.05, 0) is 23.6 Å². The van der Waals surface area contributed by atoms with Crippen LogP contribution < -0.4 is 4.90 Å². The monoisotopic (exact) mass is 325 g/mol. The maximum atomic E-state index is 13.8. The van der Waals surface area contributed by atoms with E-state index in [9.17, 15) is 18.4 Å². The van der Waals surface area contributed by atoms with Gasteiger partial charge in [0.05, 0.1) is 11.3 Å². The molecule has 0 spiro atoms. The van der Waals surface area contributed by atoms with Crippen molar-refractivity contribution in [1.29, 1.82) is 0 Å². The number of nitrogens with zero attached hydrogens (tertiary/aromatic N) is 1. The molecule has 1 aliphatic heterocycles. The fourth-order valence-corrected chi connectivity index (χ4v) is 3.11. The largest absolute Gasteiger partial charge is 0.277 e. The Morgan fingerprint density at radius 1 is 1.10 bits per heavy atom. The molecule has 7 heteroatoms. The Morgan fingerprint density at radius 3 is 2.48 bits per heavy atom. The number of carbonyl (C=O) groups is 2. The predicted molar refractivity (Wildman–Crippen MR) is 75.9 cm³/mol. The number of benzene rings is 1. The molecule has 0 unspecified atom stereocenters. The third-order valence-electron chi connectivity index (χ3n) is 2.95. The van der Waals surface area contributed by atoms with Gasteiger partial charge in [0.15, 0.2) is 0 Å². The molecule has 3 nitrogen and oxygen atoms in total. The standard InChI is InChI=1S/C14H6ClF2NO2S/c15-12-11(10-2-1-5-21-10)13(19)18(14(12)20)9-4-3-7(16)6-8(9)17/h1-6H. The number of hydrogen-bond acceptors (Lipinski definition) is 3. The van der Waals surface area contributed by atoms with Crippen molar-refractivity contribution >= 4 is 46.0 Å². The Morgan fingerprint density at radius 2 is 1.86 bits per heavy atom. The molecule has 2 amide bonds. The molecular weight excluding hydrogens is 320 g/mol. The Hall–Kier alpha value is -2.05. The van der Waals surface area contributed by atoms with Crippen molar-refractivity contribution in [2.75, 3.05) is 4.90 Å². The van der Waals surface area contributed by atoms with E-state index in [2.05, 4.69) is 0 Å². The van der Waals surface area contributed by atoms with E-state index in [0.29, 0.717) is 15.8 Å². The fraction of sp³-hybridized carbons (Fsp3) is 0. The van der Waals surface area contributed by atoms with Gasteiger partial charge < -0.3 is 0 Å². The lowest BCUT2D eigenvalue weighted by Gasteiger charge is -2.15. The molecular formula is C14H6ClF2NO2S. The smallest absolute Gasteiger partial charge is 0.268 e. The molecule has 2 aromatic rings. The summed E-state index contributed by atoms with van der Waals surface area (Å²) in [4.78, 5) is 25.6. The van der Waals surface area contributed by atoms with Gasteiger partial charge in [0.25, 0.3) is 11.8 Å². The summed E-state index contributed by atoms with van der Waals surface area (Å²) in [5, 5.41) is 1.46. The van der Waals surface area contributed by atoms with Gasteiger partial charge in [0, 0.05) is 10.9 Å². The zero-order valence-corrected chi connectivity index (χ0v) is 11.8. The van der Waals surface area contributed by atoms with Crippen molar-refractivity contribution in [2.45, 2.75) is 0 Å². The minimum absolute atomic E-state index is 0.0281. The molecule has 21 heavy (non-hydrogen) atoms. The first-order valence-corrected chi connectivity index (χ1v) is 7.04. The number of rotatable bonds is 2. The third-order valence-corrected chi connectivity index (χ3v) is 4.18. The average Bonchev–Trinajstić information content (AvgIpc) is 3.01. The number of thiophene rings is 1. The summed E-state index contributed by atoms with van der Waals surface area (Å²) >= 11 is 7.16. The molecule has 0 fully saturated rings. The summed E-state index contributed by atoms with van der Waals surface area (Å²) in [7, 11) is 0. The van der Waals surface area contributed by atoms with Crippen molar-refractivity contribution in [3.8, 4) is 0 Å². The van der Waals surface area contributed by atoms with Gasteiger partial charge in [-0.1, -0.05) is 17.7 Å². The molecule has 0 saturated carbocycles. The van der Waals surface area contributed by atoms with Crippen LogP contribution >= 0.6 is 22.9 Å². The normalized spacial score (nSPS) is 15.3. The van der Waals surface area contributed by atoms with Crippen LogP contribution in [0.1, 0.15) is 4.88 Å². The minimum Gasteiger partial charge on any atom is -0.268 e. The first-order valence-electron chi connectivity index (χ1n) is 5.78. The molecule has 2 heterocycles. The lowest BCUT2D eigenvalue weighted by atomic mass is 10.2. The molecule has 106 valence electrons. The topological polar surface area (TPSA) is 37.4 Å². The zero-order chi connectivity index (χ0) is 15.1. The Balaban J connectivity index is 2.08. The van der Waals surface area contributed by atoms with E-state index in [1.807, 2.05) is 0 Å². The third kappa shape index (κ3) is 2.16. The molecule has 0 saturated heterocycles. The van der Waals surface area contributed by atoms with Gasteiger partial charge in [-0.3, -0.25) is 9.59 Å². The second-order valence-corrected chi connectivity index (χ2v) is 5.53. The van der Waals surface area contributed by atoms with Crippen LogP contribution in [-0.4, -0.2) is 11.8 Å². The van der Waals surface area contributed by atoms with Crippen LogP contribution in [-0.2, 0) is 9.59 Å². The minimum atomic E-state index is -1.01. The van der Waals surface area contributed by atoms with E-state index < -0.39 is 23.4 Å². The Kier molecular flexibility index (Phi) is 3.35. The van der Waals surface area contributed by atoms with Gasteiger partial charge >= 0.3 is 0 Å². The van der Waals surface area contributed by atoms with Gasteiger partial charge in [-0.2, -0.15) is 0 Å². The van der Waals surface area contributed by atoms with E-state index in [1.165, 1.54) is 11.3 Å². The van der Waals surface area contributed by atoms with E-state index in [-0.39, 0.29) is 16.3 Å². The SMILES string of the molecule is O=C1C(Cl)=C(c2cccs2)C(=O)N1c1ccc(F)cc1F. The highest BCUT2D eigenvalue weighted by molar-refractivity contribution is 7.11. The molecule has 0 N–H and O–H groups in total. The quantitative estimate of drug-likeness (QED) is 0.792. The van der Waals surface area contributed by atoms with Gasteiger partial charge in [-0.25, -0.2) is 13.7 Å². The van der Waals surface area contributed by atoms with Crippen LogP contribution in [0.3, 0.4) is 0 Å². The highest BCUT2D eigenvalue weighted by atomic mass is 35.5. The number of imide groups is 1. The second kappa shape index (κ2) is 5.05. The lowest BCUT2D eigenvalue weighted by Crippen LogP contribution is -2.31. The second-order valence-electron chi connectivity index (χ2n) is 4.21. The number of anilines is 1. The maximum Gasteiger partial charge on any atom is 0.277 e. The molecule has 1 aromatic heterocycles. The van der Waals surface area contributed by atoms with Crippen LogP contribution in [0.15, 0.2) is 40.7 Å². The summed E-state index contributed by atoms with van der Waals surface area (Å²) in [6, 6.07) is 5.94. The highest BCUT2D eigenvalue weighted by Crippen LogP contribution is 2.37. The van der Waals surface area contributed by atoms with Crippen LogP contribution in [0.5, 0.6) is 0 Å². The van der Waals surface area contributed by atoms with Crippen molar-refractivity contribution in [2.24, 2.45) is 0 Å². The molecule has 0 atom stereocenters. The van der Waals surface area contributed by atoms with Crippen molar-refractivity contribution in [3.05, 3.63) is 57.3 Å². The summed E-state index contributed by atoms with van der Waals surface area (Å²) in [5.41, 5.74) is -0.295. The summed E-state index contributed by atoms with van der Waals surface area (Å²) in [5.74, 6) is -3.35. The van der Waals surface area contributed by atoms with Crippen LogP contribution in [0.2, 0.25) is 0 Å². The molecule has 0 aliphatic carbocycles. The van der Waals surface area contributed by atoms with Gasteiger partial charge in [0.1, 0.15) is 16.7 Å². The first-order chi connectivity index (χ1) is 10.0. The Labute approximate surface area is 127 Å². The zero-order valence-electron chi connectivity index (χ0n) is 10.3. The number of carbonyl (C=O) groups excluding carboxylic acids is 2. The van der Waals surface area contributed by atoms with E-state index in [1.54, 1.807) is 17.5 Å². The molecule has 1 aliphatic rings. The highest BCUT2D eigenvalue weighted by Gasteiger charge is 2.40. The summed E-state index contributed by atoms with van der Waals surface area (Å²) < 4.78 is 26.7. The van der Waals surface area contributed by atoms with E-state index in [4.69, 9.17) is 11.6 Å². The number of amides is 2. The first kappa shape index (κ1) is 13.9. The van der Waals surface area contributed by atoms with Crippen molar-refractivity contribution in [1.82, 2.24) is 0 Å². The van der Waals surface area contributed by atoms with Crippen molar-refractivity contribution in [3.63, 3.8) is 0 Å². The van der Waals surface area contributed by atoms with E-state index >= 15 is 0 Å². The average molecular weight is 326 g/mol. The Bertz CT molecular complexity index is 786. The lowest BCUT2D eigenvalue weighted by molar-refractivity contribution is -0.119. The van der Waals surface area contributed by atoms with Gasteiger partial charge in [-0.15, -0.1) is 11.3 Å². The predicted octanol–water partition coefficient (Wildman–Crippen LogP) is 3.55. The van der Waals surface area contributed by atoms with E-state index in [0.717, 1.165) is 12.1 Å². The molecule has 1 aromatic carbocycles. The van der Waals surface area contributed by atoms with Crippen molar-refractivity contribution < 1.29 is 18.4 Å². The van der Waals surface area contributed by atoms with Crippen LogP contribution in [0.4, 0.5) is 14.5 Å². The fourth-order valence-electron chi connectivity index (χ4n) is 2.02. The molecule has 0 radical (unpaired) electrons. The van der Waals surface area contributed by atoms with Crippen LogP contribution in [0, 0.1) is 11.6 Å². The summed E-state index contributed by atoms with van der Waals surface area (Å²) in [6.07, 6.45) is 0. The molecule has 0 bridgehead atoms. The summed E-state index contributed by atoms with van der Waals surface area (Å²) in [6.45, 7) is 0.